The fourth-order valence-electron chi connectivity index (χ4n) is 3.01. The summed E-state index contributed by atoms with van der Waals surface area (Å²) in [4.78, 5) is 14.0. The van der Waals surface area contributed by atoms with Gasteiger partial charge in [0.25, 0.3) is 0 Å². The highest BCUT2D eigenvalue weighted by atomic mass is 35.5. The third kappa shape index (κ3) is 2.01. The first kappa shape index (κ1) is 13.4. The molecule has 0 unspecified atom stereocenters. The summed E-state index contributed by atoms with van der Waals surface area (Å²) in [6.45, 7) is 5.74. The highest BCUT2D eigenvalue weighted by Gasteiger charge is 2.42. The van der Waals surface area contributed by atoms with E-state index in [1.807, 2.05) is 18.7 Å². The highest BCUT2D eigenvalue weighted by Crippen LogP contribution is 2.28. The van der Waals surface area contributed by atoms with Crippen molar-refractivity contribution in [1.29, 1.82) is 0 Å². The number of carbonyl (C=O) groups is 1. The average Bonchev–Trinajstić information content (AvgIpc) is 2.91. The van der Waals surface area contributed by atoms with Crippen LogP contribution >= 0.6 is 12.4 Å². The summed E-state index contributed by atoms with van der Waals surface area (Å²) in [6.07, 6.45) is 1.73. The lowest BCUT2D eigenvalue weighted by molar-refractivity contribution is -0.129. The molecule has 0 bridgehead atoms. The van der Waals surface area contributed by atoms with Crippen LogP contribution in [0.4, 0.5) is 0 Å². The molecule has 0 spiro atoms. The van der Waals surface area contributed by atoms with Crippen molar-refractivity contribution in [2.75, 3.05) is 6.54 Å². The van der Waals surface area contributed by atoms with Gasteiger partial charge in [0.15, 0.2) is 0 Å². The highest BCUT2D eigenvalue weighted by molar-refractivity contribution is 5.85. The molecule has 100 valence electrons. The van der Waals surface area contributed by atoms with Gasteiger partial charge in [-0.1, -0.05) is 0 Å². The van der Waals surface area contributed by atoms with E-state index in [-0.39, 0.29) is 18.3 Å². The number of aromatic amines is 1. The maximum atomic E-state index is 12.0. The van der Waals surface area contributed by atoms with Crippen molar-refractivity contribution in [3.05, 3.63) is 17.0 Å². The van der Waals surface area contributed by atoms with Gasteiger partial charge in [0, 0.05) is 36.3 Å². The number of hydrogen-bond acceptors (Lipinski definition) is 3. The number of amides is 1. The summed E-state index contributed by atoms with van der Waals surface area (Å²) in [5.74, 6) is 0.271. The zero-order valence-electron chi connectivity index (χ0n) is 10.7. The lowest BCUT2D eigenvalue weighted by Gasteiger charge is -2.23. The van der Waals surface area contributed by atoms with Crippen molar-refractivity contribution in [1.82, 2.24) is 20.4 Å². The Bertz CT molecular complexity index is 439. The van der Waals surface area contributed by atoms with Crippen LogP contribution in [0, 0.1) is 13.8 Å². The Hall–Kier alpha value is -1.07. The third-order valence-electron chi connectivity index (χ3n) is 4.04. The number of fused-ring (bicyclic) bond motifs is 1. The van der Waals surface area contributed by atoms with E-state index >= 15 is 0 Å². The number of likely N-dealkylation sites (tertiary alicyclic amines) is 1. The first-order valence-electron chi connectivity index (χ1n) is 6.20. The van der Waals surface area contributed by atoms with Gasteiger partial charge in [0.1, 0.15) is 0 Å². The van der Waals surface area contributed by atoms with Crippen molar-refractivity contribution in [3.8, 4) is 0 Å². The minimum absolute atomic E-state index is 0. The second kappa shape index (κ2) is 4.90. The first-order valence-corrected chi connectivity index (χ1v) is 6.20. The smallest absolute Gasteiger partial charge is 0.224 e. The molecule has 1 amide bonds. The molecule has 1 aromatic rings. The standard InChI is InChI=1S/C12H18N4O.ClH/c1-7-9(8(2)15-14-7)6-16-11-3-4-13-10(11)5-12(16)17;/h10-11,13H,3-6H2,1-2H3,(H,14,15);1H/t10-,11-;/m1./s1. The SMILES string of the molecule is Cc1n[nH]c(C)c1CN1C(=O)C[C@H]2NCC[C@H]21.Cl. The van der Waals surface area contributed by atoms with Crippen molar-refractivity contribution in [2.24, 2.45) is 0 Å². The number of H-pyrrole nitrogens is 1. The number of carbonyl (C=O) groups excluding carboxylic acids is 1. The molecule has 2 fully saturated rings. The summed E-state index contributed by atoms with van der Waals surface area (Å²) in [5, 5.41) is 10.6. The van der Waals surface area contributed by atoms with Crippen LogP contribution in [-0.4, -0.2) is 39.6 Å². The number of aromatic nitrogens is 2. The normalized spacial score (nSPS) is 26.3. The molecule has 0 radical (unpaired) electrons. The van der Waals surface area contributed by atoms with E-state index in [0.29, 0.717) is 25.0 Å². The van der Waals surface area contributed by atoms with Crippen molar-refractivity contribution in [3.63, 3.8) is 0 Å². The molecule has 5 nitrogen and oxygen atoms in total. The van der Waals surface area contributed by atoms with Crippen molar-refractivity contribution in [2.45, 2.75) is 45.3 Å². The second-order valence-electron chi connectivity index (χ2n) is 5.05. The number of rotatable bonds is 2. The number of aryl methyl sites for hydroxylation is 2. The average molecular weight is 271 g/mol. The zero-order chi connectivity index (χ0) is 12.0. The fourth-order valence-corrected chi connectivity index (χ4v) is 3.01. The summed E-state index contributed by atoms with van der Waals surface area (Å²) < 4.78 is 0. The minimum atomic E-state index is 0. The van der Waals surface area contributed by atoms with E-state index in [9.17, 15) is 4.79 Å². The van der Waals surface area contributed by atoms with Gasteiger partial charge in [-0.2, -0.15) is 5.10 Å². The van der Waals surface area contributed by atoms with Crippen LogP contribution < -0.4 is 5.32 Å². The summed E-state index contributed by atoms with van der Waals surface area (Å²) in [5.41, 5.74) is 3.25. The van der Waals surface area contributed by atoms with Gasteiger partial charge in [0.2, 0.25) is 5.91 Å². The fraction of sp³-hybridized carbons (Fsp3) is 0.667. The third-order valence-corrected chi connectivity index (χ3v) is 4.04. The largest absolute Gasteiger partial charge is 0.334 e. The minimum Gasteiger partial charge on any atom is -0.334 e. The predicted octanol–water partition coefficient (Wildman–Crippen LogP) is 0.911. The van der Waals surface area contributed by atoms with Gasteiger partial charge in [-0.05, 0) is 26.8 Å². The lowest BCUT2D eigenvalue weighted by atomic mass is 10.1. The molecule has 0 saturated carbocycles. The molecule has 2 aliphatic rings. The van der Waals surface area contributed by atoms with Crippen molar-refractivity contribution < 1.29 is 4.79 Å². The van der Waals surface area contributed by atoms with Crippen LogP contribution in [0.25, 0.3) is 0 Å². The van der Waals surface area contributed by atoms with Crippen LogP contribution in [0.3, 0.4) is 0 Å². The number of hydrogen-bond donors (Lipinski definition) is 2. The van der Waals surface area contributed by atoms with E-state index in [4.69, 9.17) is 0 Å². The van der Waals surface area contributed by atoms with Gasteiger partial charge in [-0.25, -0.2) is 0 Å². The molecule has 0 aliphatic carbocycles. The molecule has 2 atom stereocenters. The van der Waals surface area contributed by atoms with Gasteiger partial charge >= 0.3 is 0 Å². The number of halogens is 1. The molecule has 2 aliphatic heterocycles. The van der Waals surface area contributed by atoms with E-state index < -0.39 is 0 Å². The summed E-state index contributed by atoms with van der Waals surface area (Å²) in [6, 6.07) is 0.756. The monoisotopic (exact) mass is 270 g/mol. The first-order chi connectivity index (χ1) is 8.16. The Morgan fingerprint density at radius 1 is 1.44 bits per heavy atom. The molecule has 3 heterocycles. The molecular formula is C12H19ClN4O. The lowest BCUT2D eigenvalue weighted by Crippen LogP contribution is -2.35. The Morgan fingerprint density at radius 3 is 2.89 bits per heavy atom. The van der Waals surface area contributed by atoms with Gasteiger partial charge < -0.3 is 10.2 Å². The second-order valence-corrected chi connectivity index (χ2v) is 5.05. The molecule has 2 N–H and O–H groups in total. The van der Waals surface area contributed by atoms with Crippen LogP contribution in [0.5, 0.6) is 0 Å². The Balaban J connectivity index is 0.00000120. The van der Waals surface area contributed by atoms with Crippen LogP contribution in [-0.2, 0) is 11.3 Å². The molecule has 1 aromatic heterocycles. The van der Waals surface area contributed by atoms with E-state index in [0.717, 1.165) is 24.4 Å². The van der Waals surface area contributed by atoms with Crippen LogP contribution in [0.1, 0.15) is 29.8 Å². The quantitative estimate of drug-likeness (QED) is 0.840. The van der Waals surface area contributed by atoms with Gasteiger partial charge in [-0.3, -0.25) is 9.89 Å². The van der Waals surface area contributed by atoms with Gasteiger partial charge in [0.05, 0.1) is 5.69 Å². The van der Waals surface area contributed by atoms with E-state index in [1.165, 1.54) is 5.56 Å². The summed E-state index contributed by atoms with van der Waals surface area (Å²) >= 11 is 0. The molecular weight excluding hydrogens is 252 g/mol. The summed E-state index contributed by atoms with van der Waals surface area (Å²) in [7, 11) is 0. The maximum Gasteiger partial charge on any atom is 0.224 e. The Kier molecular flexibility index (Phi) is 3.64. The topological polar surface area (TPSA) is 61.0 Å². The molecule has 18 heavy (non-hydrogen) atoms. The molecule has 0 aromatic carbocycles. The Morgan fingerprint density at radius 2 is 2.22 bits per heavy atom. The molecule has 6 heteroatoms. The van der Waals surface area contributed by atoms with Crippen molar-refractivity contribution >= 4 is 18.3 Å². The van der Waals surface area contributed by atoms with E-state index in [2.05, 4.69) is 15.5 Å². The number of nitrogens with zero attached hydrogens (tertiary/aromatic N) is 2. The number of nitrogens with one attached hydrogen (secondary N) is 2. The molecule has 3 rings (SSSR count). The molecule has 2 saturated heterocycles. The van der Waals surface area contributed by atoms with Crippen LogP contribution in [0.15, 0.2) is 0 Å². The van der Waals surface area contributed by atoms with Crippen LogP contribution in [0.2, 0.25) is 0 Å². The zero-order valence-corrected chi connectivity index (χ0v) is 11.5. The Labute approximate surface area is 113 Å². The van der Waals surface area contributed by atoms with E-state index in [1.54, 1.807) is 0 Å². The predicted molar refractivity (Wildman–Crippen MR) is 70.7 cm³/mol. The maximum absolute atomic E-state index is 12.0. The van der Waals surface area contributed by atoms with Gasteiger partial charge in [-0.15, -0.1) is 12.4 Å².